The van der Waals surface area contributed by atoms with Crippen molar-refractivity contribution in [3.63, 3.8) is 0 Å². The molecule has 1 amide bonds. The fourth-order valence-electron chi connectivity index (χ4n) is 2.57. The highest BCUT2D eigenvalue weighted by atomic mass is 32.1. The van der Waals surface area contributed by atoms with Gasteiger partial charge in [-0.05, 0) is 12.8 Å². The van der Waals surface area contributed by atoms with Crippen LogP contribution in [-0.2, 0) is 11.2 Å². The Morgan fingerprint density at radius 2 is 2.21 bits per heavy atom. The molecule has 0 radical (unpaired) electrons. The molecular weight excluding hydrogens is 278 g/mol. The van der Waals surface area contributed by atoms with Crippen molar-refractivity contribution in [1.82, 2.24) is 10.3 Å². The Kier molecular flexibility index (Phi) is 4.87. The fourth-order valence-corrected chi connectivity index (χ4v) is 3.49. The van der Waals surface area contributed by atoms with E-state index in [-0.39, 0.29) is 5.91 Å². The van der Waals surface area contributed by atoms with Crippen LogP contribution in [0.4, 0.5) is 0 Å². The molecule has 1 heterocycles. The molecule has 0 bridgehead atoms. The van der Waals surface area contributed by atoms with Gasteiger partial charge in [0.2, 0.25) is 5.91 Å². The molecule has 0 unspecified atom stereocenters. The average Bonchev–Trinajstić information content (AvgIpc) is 2.92. The van der Waals surface area contributed by atoms with Crippen molar-refractivity contribution in [3.8, 4) is 0 Å². The van der Waals surface area contributed by atoms with Crippen molar-refractivity contribution in [2.24, 2.45) is 11.1 Å². The smallest absolute Gasteiger partial charge is 0.233 e. The van der Waals surface area contributed by atoms with Gasteiger partial charge in [0.05, 0.1) is 15.4 Å². The Labute approximate surface area is 122 Å². The summed E-state index contributed by atoms with van der Waals surface area (Å²) in [6.07, 6.45) is 7.32. The number of rotatable bonds is 5. The van der Waals surface area contributed by atoms with Crippen molar-refractivity contribution in [2.45, 2.75) is 38.5 Å². The molecule has 4 nitrogen and oxygen atoms in total. The molecule has 0 aromatic carbocycles. The van der Waals surface area contributed by atoms with Crippen LogP contribution < -0.4 is 11.1 Å². The third-order valence-corrected chi connectivity index (χ3v) is 4.95. The lowest BCUT2D eigenvalue weighted by atomic mass is 9.73. The zero-order chi connectivity index (χ0) is 13.7. The Hall–Kier alpha value is -1.01. The van der Waals surface area contributed by atoms with E-state index in [0.717, 1.165) is 43.5 Å². The van der Waals surface area contributed by atoms with Crippen LogP contribution in [0, 0.1) is 5.41 Å². The Morgan fingerprint density at radius 1 is 1.47 bits per heavy atom. The van der Waals surface area contributed by atoms with E-state index < -0.39 is 5.41 Å². The number of carbonyl (C=O) groups is 1. The zero-order valence-electron chi connectivity index (χ0n) is 10.9. The third kappa shape index (κ3) is 3.30. The van der Waals surface area contributed by atoms with Crippen LogP contribution in [-0.4, -0.2) is 22.4 Å². The average molecular weight is 297 g/mol. The van der Waals surface area contributed by atoms with Crippen LogP contribution in [0.2, 0.25) is 0 Å². The van der Waals surface area contributed by atoms with Crippen molar-refractivity contribution >= 4 is 34.5 Å². The van der Waals surface area contributed by atoms with E-state index in [1.807, 2.05) is 5.38 Å². The maximum absolute atomic E-state index is 12.4. The third-order valence-electron chi connectivity index (χ3n) is 3.72. The number of carbonyl (C=O) groups excluding carboxylic acids is 1. The summed E-state index contributed by atoms with van der Waals surface area (Å²) in [6.45, 7) is 0.594. The highest BCUT2D eigenvalue weighted by Crippen LogP contribution is 2.36. The molecule has 0 aliphatic heterocycles. The maximum Gasteiger partial charge on any atom is 0.233 e. The summed E-state index contributed by atoms with van der Waals surface area (Å²) in [5.41, 5.74) is 5.22. The highest BCUT2D eigenvalue weighted by Gasteiger charge is 2.42. The van der Waals surface area contributed by atoms with E-state index in [4.69, 9.17) is 18.0 Å². The second kappa shape index (κ2) is 6.43. The molecule has 6 heteroatoms. The Balaban J connectivity index is 1.91. The number of aromatic nitrogens is 1. The number of thiazole rings is 1. The molecule has 1 aliphatic carbocycles. The van der Waals surface area contributed by atoms with Gasteiger partial charge in [-0.15, -0.1) is 11.3 Å². The second-order valence-electron chi connectivity index (χ2n) is 4.94. The van der Waals surface area contributed by atoms with Crippen LogP contribution in [0.5, 0.6) is 0 Å². The number of hydrogen-bond donors (Lipinski definition) is 2. The standard InChI is InChI=1S/C13H19N3OS2/c14-11(18)13(5-2-1-3-6-13)12(17)16-7-4-10-15-8-9-19-10/h8-9H,1-7H2,(H2,14,18)(H,16,17). The van der Waals surface area contributed by atoms with Gasteiger partial charge in [0.25, 0.3) is 0 Å². The van der Waals surface area contributed by atoms with Gasteiger partial charge in [0.15, 0.2) is 0 Å². The number of nitrogens with zero attached hydrogens (tertiary/aromatic N) is 1. The van der Waals surface area contributed by atoms with Crippen LogP contribution in [0.1, 0.15) is 37.1 Å². The minimum atomic E-state index is -0.615. The van der Waals surface area contributed by atoms with Crippen LogP contribution in [0.3, 0.4) is 0 Å². The lowest BCUT2D eigenvalue weighted by molar-refractivity contribution is -0.128. The molecular formula is C13H19N3OS2. The minimum absolute atomic E-state index is 0.00347. The van der Waals surface area contributed by atoms with Gasteiger partial charge < -0.3 is 11.1 Å². The monoisotopic (exact) mass is 297 g/mol. The number of hydrogen-bond acceptors (Lipinski definition) is 4. The molecule has 0 atom stereocenters. The van der Waals surface area contributed by atoms with E-state index in [1.54, 1.807) is 17.5 Å². The van der Waals surface area contributed by atoms with Crippen LogP contribution >= 0.6 is 23.6 Å². The Bertz CT molecular complexity index is 439. The van der Waals surface area contributed by atoms with Crippen molar-refractivity contribution in [3.05, 3.63) is 16.6 Å². The lowest BCUT2D eigenvalue weighted by Crippen LogP contribution is -2.50. The number of nitrogens with one attached hydrogen (secondary N) is 1. The summed E-state index contributed by atoms with van der Waals surface area (Å²) in [7, 11) is 0. The summed E-state index contributed by atoms with van der Waals surface area (Å²) in [5.74, 6) is -0.00347. The first kappa shape index (κ1) is 14.4. The summed E-state index contributed by atoms with van der Waals surface area (Å²) in [6, 6.07) is 0. The van der Waals surface area contributed by atoms with Crippen LogP contribution in [0.25, 0.3) is 0 Å². The summed E-state index contributed by atoms with van der Waals surface area (Å²) in [5, 5.41) is 5.95. The molecule has 0 saturated heterocycles. The first-order chi connectivity index (χ1) is 9.15. The van der Waals surface area contributed by atoms with Gasteiger partial charge in [0.1, 0.15) is 0 Å². The molecule has 1 aromatic rings. The molecule has 1 fully saturated rings. The fraction of sp³-hybridized carbons (Fsp3) is 0.615. The normalized spacial score (nSPS) is 17.9. The lowest BCUT2D eigenvalue weighted by Gasteiger charge is -2.34. The van der Waals surface area contributed by atoms with Gasteiger partial charge >= 0.3 is 0 Å². The van der Waals surface area contributed by atoms with Gasteiger partial charge in [-0.1, -0.05) is 31.5 Å². The quantitative estimate of drug-likeness (QED) is 0.816. The molecule has 1 aromatic heterocycles. The second-order valence-corrected chi connectivity index (χ2v) is 6.36. The van der Waals surface area contributed by atoms with E-state index in [9.17, 15) is 4.79 Å². The summed E-state index contributed by atoms with van der Waals surface area (Å²) in [4.78, 5) is 16.9. The number of amides is 1. The molecule has 1 saturated carbocycles. The summed E-state index contributed by atoms with van der Waals surface area (Å²) >= 11 is 6.74. The molecule has 2 rings (SSSR count). The minimum Gasteiger partial charge on any atom is -0.392 e. The van der Waals surface area contributed by atoms with Crippen molar-refractivity contribution in [1.29, 1.82) is 0 Å². The van der Waals surface area contributed by atoms with Gasteiger partial charge in [0, 0.05) is 24.5 Å². The molecule has 3 N–H and O–H groups in total. The van der Waals surface area contributed by atoms with E-state index in [1.165, 1.54) is 0 Å². The van der Waals surface area contributed by atoms with Gasteiger partial charge in [-0.3, -0.25) is 4.79 Å². The Morgan fingerprint density at radius 3 is 2.79 bits per heavy atom. The number of thiocarbonyl (C=S) groups is 1. The molecule has 1 aliphatic rings. The summed E-state index contributed by atoms with van der Waals surface area (Å²) < 4.78 is 0. The van der Waals surface area contributed by atoms with Crippen LogP contribution in [0.15, 0.2) is 11.6 Å². The largest absolute Gasteiger partial charge is 0.392 e. The maximum atomic E-state index is 12.4. The topological polar surface area (TPSA) is 68.0 Å². The molecule has 0 spiro atoms. The van der Waals surface area contributed by atoms with Crippen molar-refractivity contribution in [2.75, 3.05) is 6.54 Å². The van der Waals surface area contributed by atoms with Gasteiger partial charge in [-0.2, -0.15) is 0 Å². The molecule has 19 heavy (non-hydrogen) atoms. The van der Waals surface area contributed by atoms with E-state index in [2.05, 4.69) is 10.3 Å². The highest BCUT2D eigenvalue weighted by molar-refractivity contribution is 7.80. The zero-order valence-corrected chi connectivity index (χ0v) is 12.5. The predicted octanol–water partition coefficient (Wildman–Crippen LogP) is 2.04. The first-order valence-electron chi connectivity index (χ1n) is 6.62. The first-order valence-corrected chi connectivity index (χ1v) is 7.90. The van der Waals surface area contributed by atoms with Crippen molar-refractivity contribution < 1.29 is 4.79 Å². The van der Waals surface area contributed by atoms with Gasteiger partial charge in [-0.25, -0.2) is 4.98 Å². The SMILES string of the molecule is NC(=S)C1(C(=O)NCCc2nccs2)CCCCC1. The predicted molar refractivity (Wildman–Crippen MR) is 81.1 cm³/mol. The van der Waals surface area contributed by atoms with E-state index in [0.29, 0.717) is 11.5 Å². The molecule has 104 valence electrons. The van der Waals surface area contributed by atoms with E-state index >= 15 is 0 Å². The number of nitrogens with two attached hydrogens (primary N) is 1.